The van der Waals surface area contributed by atoms with Gasteiger partial charge in [0.2, 0.25) is 11.8 Å². The second-order valence-corrected chi connectivity index (χ2v) is 9.13. The summed E-state index contributed by atoms with van der Waals surface area (Å²) in [7, 11) is 0. The highest BCUT2D eigenvalue weighted by Gasteiger charge is 2.34. The maximum Gasteiger partial charge on any atom is 0.242 e. The molecule has 7 heteroatoms. The number of rotatable bonds is 7. The molecule has 0 saturated heterocycles. The Hall–Kier alpha value is -2.41. The van der Waals surface area contributed by atoms with Crippen molar-refractivity contribution < 1.29 is 18.7 Å². The van der Waals surface area contributed by atoms with Gasteiger partial charge in [-0.05, 0) is 61.5 Å². The number of fused-ring (bicyclic) bond motifs is 1. The number of amides is 2. The van der Waals surface area contributed by atoms with E-state index in [-0.39, 0.29) is 48.8 Å². The zero-order chi connectivity index (χ0) is 21.8. The van der Waals surface area contributed by atoms with Gasteiger partial charge in [0.05, 0.1) is 6.04 Å². The summed E-state index contributed by atoms with van der Waals surface area (Å²) >= 11 is 1.69. The molecule has 0 N–H and O–H groups in total. The summed E-state index contributed by atoms with van der Waals surface area (Å²) in [6.07, 6.45) is 0.797. The molecule has 0 aliphatic carbocycles. The highest BCUT2D eigenvalue weighted by Crippen LogP contribution is 2.34. The molecule has 0 radical (unpaired) electrons. The lowest BCUT2D eigenvalue weighted by Crippen LogP contribution is -2.50. The first-order chi connectivity index (χ1) is 14.3. The number of ether oxygens (including phenoxy) is 1. The van der Waals surface area contributed by atoms with Gasteiger partial charge in [-0.25, -0.2) is 4.39 Å². The van der Waals surface area contributed by atoms with Crippen LogP contribution in [-0.4, -0.2) is 47.4 Å². The van der Waals surface area contributed by atoms with E-state index in [0.717, 1.165) is 12.0 Å². The van der Waals surface area contributed by atoms with Gasteiger partial charge in [0.15, 0.2) is 0 Å². The molecular formula is C23H29FN2O3S. The average Bonchev–Trinajstić information content (AvgIpc) is 3.19. The molecule has 1 aromatic carbocycles. The molecule has 0 spiro atoms. The van der Waals surface area contributed by atoms with Crippen LogP contribution in [-0.2, 0) is 16.0 Å². The van der Waals surface area contributed by atoms with E-state index < -0.39 is 0 Å². The van der Waals surface area contributed by atoms with Gasteiger partial charge in [0.25, 0.3) is 0 Å². The molecule has 30 heavy (non-hydrogen) atoms. The van der Waals surface area contributed by atoms with Crippen LogP contribution in [0.3, 0.4) is 0 Å². The molecule has 0 bridgehead atoms. The normalized spacial score (nSPS) is 16.0. The van der Waals surface area contributed by atoms with E-state index in [4.69, 9.17) is 4.74 Å². The van der Waals surface area contributed by atoms with Crippen LogP contribution in [0.1, 0.15) is 44.2 Å². The van der Waals surface area contributed by atoms with Gasteiger partial charge in [-0.15, -0.1) is 11.3 Å². The SMILES string of the molecule is CC(C)C(=O)N(CC(=O)N1CCc2sccc2[C@H]1COc1ccc(F)cc1)C(C)C. The zero-order valence-corrected chi connectivity index (χ0v) is 18.7. The highest BCUT2D eigenvalue weighted by atomic mass is 32.1. The minimum absolute atomic E-state index is 0.0225. The molecule has 2 heterocycles. The number of nitrogens with zero attached hydrogens (tertiary/aromatic N) is 2. The largest absolute Gasteiger partial charge is 0.491 e. The van der Waals surface area contributed by atoms with Crippen molar-refractivity contribution in [3.8, 4) is 5.75 Å². The smallest absolute Gasteiger partial charge is 0.242 e. The fraction of sp³-hybridized carbons (Fsp3) is 0.478. The molecule has 2 aromatic rings. The summed E-state index contributed by atoms with van der Waals surface area (Å²) in [6, 6.07) is 7.62. The predicted molar refractivity (Wildman–Crippen MR) is 116 cm³/mol. The molecule has 1 aliphatic rings. The molecule has 0 saturated carbocycles. The minimum Gasteiger partial charge on any atom is -0.491 e. The lowest BCUT2D eigenvalue weighted by molar-refractivity contribution is -0.145. The van der Waals surface area contributed by atoms with Gasteiger partial charge in [-0.2, -0.15) is 0 Å². The molecule has 3 rings (SSSR count). The van der Waals surface area contributed by atoms with Crippen LogP contribution in [0, 0.1) is 11.7 Å². The lowest BCUT2D eigenvalue weighted by Gasteiger charge is -2.38. The van der Waals surface area contributed by atoms with Crippen LogP contribution in [0.2, 0.25) is 0 Å². The van der Waals surface area contributed by atoms with Crippen molar-refractivity contribution in [3.05, 3.63) is 52.0 Å². The van der Waals surface area contributed by atoms with E-state index in [1.165, 1.54) is 17.0 Å². The summed E-state index contributed by atoms with van der Waals surface area (Å²) in [5.74, 6) is -0.0268. The van der Waals surface area contributed by atoms with Crippen molar-refractivity contribution in [2.45, 2.75) is 46.2 Å². The summed E-state index contributed by atoms with van der Waals surface area (Å²) in [4.78, 5) is 30.6. The lowest BCUT2D eigenvalue weighted by atomic mass is 10.00. The fourth-order valence-corrected chi connectivity index (χ4v) is 4.59. The summed E-state index contributed by atoms with van der Waals surface area (Å²) in [5, 5.41) is 2.03. The maximum atomic E-state index is 13.3. The van der Waals surface area contributed by atoms with E-state index in [9.17, 15) is 14.0 Å². The molecule has 1 aromatic heterocycles. The first-order valence-corrected chi connectivity index (χ1v) is 11.2. The number of carbonyl (C=O) groups excluding carboxylic acids is 2. The van der Waals surface area contributed by atoms with E-state index >= 15 is 0 Å². The van der Waals surface area contributed by atoms with E-state index in [0.29, 0.717) is 12.3 Å². The van der Waals surface area contributed by atoms with Crippen LogP contribution in [0.5, 0.6) is 5.75 Å². The van der Waals surface area contributed by atoms with Crippen molar-refractivity contribution >= 4 is 23.2 Å². The Bertz CT molecular complexity index is 879. The number of carbonyl (C=O) groups is 2. The number of thiophene rings is 1. The van der Waals surface area contributed by atoms with Gasteiger partial charge >= 0.3 is 0 Å². The molecule has 1 aliphatic heterocycles. The van der Waals surface area contributed by atoms with Crippen molar-refractivity contribution in [1.29, 1.82) is 0 Å². The second kappa shape index (κ2) is 9.60. The third-order valence-corrected chi connectivity index (χ3v) is 6.34. The Kier molecular flexibility index (Phi) is 7.13. The van der Waals surface area contributed by atoms with Crippen LogP contribution >= 0.6 is 11.3 Å². The van der Waals surface area contributed by atoms with Crippen molar-refractivity contribution in [2.75, 3.05) is 19.7 Å². The zero-order valence-electron chi connectivity index (χ0n) is 17.9. The van der Waals surface area contributed by atoms with Gasteiger partial charge < -0.3 is 14.5 Å². The first kappa shape index (κ1) is 22.3. The van der Waals surface area contributed by atoms with E-state index in [2.05, 4.69) is 0 Å². The number of hydrogen-bond acceptors (Lipinski definition) is 4. The third kappa shape index (κ3) is 5.01. The Morgan fingerprint density at radius 2 is 1.90 bits per heavy atom. The highest BCUT2D eigenvalue weighted by molar-refractivity contribution is 7.10. The van der Waals surface area contributed by atoms with Gasteiger partial charge in [0.1, 0.15) is 24.7 Å². The van der Waals surface area contributed by atoms with E-state index in [1.807, 2.05) is 44.0 Å². The minimum atomic E-state index is -0.319. The number of benzene rings is 1. The molecule has 162 valence electrons. The topological polar surface area (TPSA) is 49.9 Å². The summed E-state index contributed by atoms with van der Waals surface area (Å²) in [5.41, 5.74) is 1.09. The van der Waals surface area contributed by atoms with Crippen molar-refractivity contribution in [1.82, 2.24) is 9.80 Å². The molecule has 5 nitrogen and oxygen atoms in total. The third-order valence-electron chi connectivity index (χ3n) is 5.34. The van der Waals surface area contributed by atoms with Crippen LogP contribution in [0.15, 0.2) is 35.7 Å². The van der Waals surface area contributed by atoms with Gasteiger partial charge in [-0.1, -0.05) is 13.8 Å². The maximum absolute atomic E-state index is 13.3. The second-order valence-electron chi connectivity index (χ2n) is 8.13. The molecule has 1 atom stereocenters. The predicted octanol–water partition coefficient (Wildman–Crippen LogP) is 4.29. The molecule has 0 unspecified atom stereocenters. The van der Waals surface area contributed by atoms with Crippen molar-refractivity contribution in [3.63, 3.8) is 0 Å². The Morgan fingerprint density at radius 3 is 2.53 bits per heavy atom. The number of hydrogen-bond donors (Lipinski definition) is 0. The Morgan fingerprint density at radius 1 is 1.20 bits per heavy atom. The summed E-state index contributed by atoms with van der Waals surface area (Å²) < 4.78 is 19.1. The summed E-state index contributed by atoms with van der Waals surface area (Å²) in [6.45, 7) is 8.47. The van der Waals surface area contributed by atoms with Crippen LogP contribution < -0.4 is 4.74 Å². The van der Waals surface area contributed by atoms with Gasteiger partial charge in [-0.3, -0.25) is 9.59 Å². The Labute approximate surface area is 181 Å². The van der Waals surface area contributed by atoms with Crippen molar-refractivity contribution in [2.24, 2.45) is 5.92 Å². The van der Waals surface area contributed by atoms with Crippen LogP contribution in [0.4, 0.5) is 4.39 Å². The first-order valence-electron chi connectivity index (χ1n) is 10.3. The Balaban J connectivity index is 1.78. The quantitative estimate of drug-likeness (QED) is 0.656. The molecular weight excluding hydrogens is 403 g/mol. The van der Waals surface area contributed by atoms with Crippen LogP contribution in [0.25, 0.3) is 0 Å². The van der Waals surface area contributed by atoms with E-state index in [1.54, 1.807) is 28.4 Å². The standard InChI is InChI=1S/C23H29FN2O3S/c1-15(2)23(28)26(16(3)4)13-22(27)25-11-9-21-19(10-12-30-21)20(25)14-29-18-7-5-17(24)6-8-18/h5-8,10,12,15-16,20H,9,11,13-14H2,1-4H3/t20-/m1/s1. The monoisotopic (exact) mass is 432 g/mol. The van der Waals surface area contributed by atoms with Gasteiger partial charge in [0, 0.05) is 23.4 Å². The fourth-order valence-electron chi connectivity index (χ4n) is 3.66. The average molecular weight is 433 g/mol. The molecule has 0 fully saturated rings. The number of halogens is 1. The molecule has 2 amide bonds.